The first-order chi connectivity index (χ1) is 8.54. The van der Waals surface area contributed by atoms with E-state index in [-0.39, 0.29) is 24.5 Å². The summed E-state index contributed by atoms with van der Waals surface area (Å²) in [4.78, 5) is 26.0. The van der Waals surface area contributed by atoms with Crippen LogP contribution in [0.1, 0.15) is 10.4 Å². The van der Waals surface area contributed by atoms with Crippen molar-refractivity contribution in [2.45, 2.75) is 0 Å². The van der Waals surface area contributed by atoms with Gasteiger partial charge in [-0.25, -0.2) is 15.6 Å². The molecule has 9 heteroatoms. The molecule has 18 heavy (non-hydrogen) atoms. The van der Waals surface area contributed by atoms with Crippen LogP contribution in [0.2, 0.25) is 0 Å². The number of hydrogen-bond acceptors (Lipinski definition) is 6. The Hall–Kier alpha value is -1.87. The molecule has 0 aliphatic carbocycles. The molecule has 0 atom stereocenters. The van der Waals surface area contributed by atoms with Crippen molar-refractivity contribution in [3.8, 4) is 0 Å². The Balaban J connectivity index is 2.60. The Morgan fingerprint density at radius 3 is 2.83 bits per heavy atom. The van der Waals surface area contributed by atoms with Crippen molar-refractivity contribution in [2.24, 2.45) is 11.6 Å². The first-order valence-electron chi connectivity index (χ1n) is 4.87. The summed E-state index contributed by atoms with van der Waals surface area (Å²) >= 11 is 3.20. The van der Waals surface area contributed by atoms with Crippen LogP contribution in [0.5, 0.6) is 0 Å². The molecular formula is C9H12BrN5O3. The second-order valence-corrected chi connectivity index (χ2v) is 4.03. The third kappa shape index (κ3) is 4.18. The molecule has 0 radical (unpaired) electrons. The third-order valence-electron chi connectivity index (χ3n) is 1.87. The molecule has 98 valence electrons. The highest BCUT2D eigenvalue weighted by molar-refractivity contribution is 9.10. The van der Waals surface area contributed by atoms with Gasteiger partial charge in [0.25, 0.3) is 5.91 Å². The van der Waals surface area contributed by atoms with Crippen LogP contribution in [0.3, 0.4) is 0 Å². The number of nitrogen functional groups attached to an aromatic ring is 1. The number of nitrogens with zero attached hydrogens (tertiary/aromatic N) is 1. The SMILES string of the molecule is NNc1ncc(Br)cc1C(=O)NCCOC(N)=O. The number of pyridine rings is 1. The number of nitrogens with two attached hydrogens (primary N) is 2. The molecule has 6 N–H and O–H groups in total. The lowest BCUT2D eigenvalue weighted by molar-refractivity contribution is 0.0937. The number of hydrogen-bond donors (Lipinski definition) is 4. The summed E-state index contributed by atoms with van der Waals surface area (Å²) in [7, 11) is 0. The number of anilines is 1. The Bertz CT molecular complexity index is 454. The van der Waals surface area contributed by atoms with Gasteiger partial charge in [-0.15, -0.1) is 0 Å². The summed E-state index contributed by atoms with van der Waals surface area (Å²) in [5.41, 5.74) is 7.35. The van der Waals surface area contributed by atoms with Crippen molar-refractivity contribution in [3.05, 3.63) is 22.3 Å². The number of aromatic nitrogens is 1. The number of ether oxygens (including phenoxy) is 1. The fraction of sp³-hybridized carbons (Fsp3) is 0.222. The van der Waals surface area contributed by atoms with Crippen LogP contribution < -0.4 is 22.3 Å². The number of primary amides is 1. The maximum absolute atomic E-state index is 11.8. The highest BCUT2D eigenvalue weighted by Gasteiger charge is 2.12. The molecule has 8 nitrogen and oxygen atoms in total. The van der Waals surface area contributed by atoms with E-state index in [1.54, 1.807) is 6.07 Å². The van der Waals surface area contributed by atoms with E-state index in [4.69, 9.17) is 11.6 Å². The predicted molar refractivity (Wildman–Crippen MR) is 67.6 cm³/mol. The Kier molecular flexibility index (Phi) is 5.33. The van der Waals surface area contributed by atoms with Crippen LogP contribution in [0, 0.1) is 0 Å². The van der Waals surface area contributed by atoms with Gasteiger partial charge in [0.05, 0.1) is 12.1 Å². The minimum absolute atomic E-state index is 0.00606. The molecule has 1 aromatic rings. The lowest BCUT2D eigenvalue weighted by atomic mass is 10.2. The molecular weight excluding hydrogens is 306 g/mol. The molecule has 0 saturated heterocycles. The molecule has 1 aromatic heterocycles. The summed E-state index contributed by atoms with van der Waals surface area (Å²) < 4.78 is 5.11. The van der Waals surface area contributed by atoms with Crippen LogP contribution in [0.15, 0.2) is 16.7 Å². The maximum Gasteiger partial charge on any atom is 0.404 e. The Morgan fingerprint density at radius 1 is 1.50 bits per heavy atom. The van der Waals surface area contributed by atoms with E-state index in [1.807, 2.05) is 0 Å². The fourth-order valence-electron chi connectivity index (χ4n) is 1.14. The summed E-state index contributed by atoms with van der Waals surface area (Å²) in [5.74, 6) is 5.08. The van der Waals surface area contributed by atoms with E-state index in [1.165, 1.54) is 6.20 Å². The minimum atomic E-state index is -0.891. The summed E-state index contributed by atoms with van der Waals surface area (Å²) in [6.07, 6.45) is 0.611. The number of rotatable bonds is 5. The van der Waals surface area contributed by atoms with Gasteiger partial charge in [-0.05, 0) is 22.0 Å². The van der Waals surface area contributed by atoms with Crippen molar-refractivity contribution in [1.82, 2.24) is 10.3 Å². The van der Waals surface area contributed by atoms with Crippen molar-refractivity contribution >= 4 is 33.7 Å². The molecule has 0 fully saturated rings. The lowest BCUT2D eigenvalue weighted by Gasteiger charge is -2.09. The molecule has 0 spiro atoms. The molecule has 0 aliphatic rings. The number of hydrazine groups is 1. The minimum Gasteiger partial charge on any atom is -0.448 e. The topological polar surface area (TPSA) is 132 Å². The van der Waals surface area contributed by atoms with E-state index in [9.17, 15) is 9.59 Å². The average Bonchev–Trinajstić information content (AvgIpc) is 2.34. The zero-order chi connectivity index (χ0) is 13.5. The standard InChI is InChI=1S/C9H12BrN5O3/c10-5-3-6(7(15-12)14-4-5)8(16)13-1-2-18-9(11)17/h3-4H,1-2,12H2,(H2,11,17)(H,13,16)(H,14,15). The molecule has 1 heterocycles. The first-order valence-corrected chi connectivity index (χ1v) is 5.66. The predicted octanol–water partition coefficient (Wildman–Crippen LogP) is -0.0452. The van der Waals surface area contributed by atoms with Gasteiger partial charge < -0.3 is 21.2 Å². The van der Waals surface area contributed by atoms with Gasteiger partial charge in [0, 0.05) is 10.7 Å². The molecule has 0 bridgehead atoms. The largest absolute Gasteiger partial charge is 0.448 e. The van der Waals surface area contributed by atoms with Crippen LogP contribution in [0.4, 0.5) is 10.6 Å². The molecule has 0 aliphatic heterocycles. The van der Waals surface area contributed by atoms with E-state index in [2.05, 4.69) is 36.4 Å². The number of halogens is 1. The Morgan fingerprint density at radius 2 is 2.22 bits per heavy atom. The van der Waals surface area contributed by atoms with Crippen LogP contribution in [-0.4, -0.2) is 30.1 Å². The van der Waals surface area contributed by atoms with Crippen LogP contribution >= 0.6 is 15.9 Å². The third-order valence-corrected chi connectivity index (χ3v) is 2.30. The Labute approximate surface area is 111 Å². The van der Waals surface area contributed by atoms with Gasteiger partial charge in [0.15, 0.2) is 5.82 Å². The highest BCUT2D eigenvalue weighted by Crippen LogP contribution is 2.16. The zero-order valence-electron chi connectivity index (χ0n) is 9.27. The van der Waals surface area contributed by atoms with Gasteiger partial charge in [-0.3, -0.25) is 4.79 Å². The van der Waals surface area contributed by atoms with Crippen molar-refractivity contribution in [1.29, 1.82) is 0 Å². The summed E-state index contributed by atoms with van der Waals surface area (Å²) in [5, 5.41) is 2.53. The second-order valence-electron chi connectivity index (χ2n) is 3.12. The van der Waals surface area contributed by atoms with E-state index < -0.39 is 12.0 Å². The molecule has 1 rings (SSSR count). The molecule has 2 amide bonds. The normalized spacial score (nSPS) is 9.67. The van der Waals surface area contributed by atoms with Gasteiger partial charge in [-0.2, -0.15) is 0 Å². The quantitative estimate of drug-likeness (QED) is 0.342. The van der Waals surface area contributed by atoms with Crippen molar-refractivity contribution < 1.29 is 14.3 Å². The molecule has 0 unspecified atom stereocenters. The van der Waals surface area contributed by atoms with Gasteiger partial charge in [0.1, 0.15) is 6.61 Å². The monoisotopic (exact) mass is 317 g/mol. The number of carbonyl (C=O) groups excluding carboxylic acids is 2. The maximum atomic E-state index is 11.8. The van der Waals surface area contributed by atoms with Crippen LogP contribution in [0.25, 0.3) is 0 Å². The van der Waals surface area contributed by atoms with Crippen molar-refractivity contribution in [3.63, 3.8) is 0 Å². The summed E-state index contributed by atoms with van der Waals surface area (Å²) in [6, 6.07) is 1.56. The highest BCUT2D eigenvalue weighted by atomic mass is 79.9. The number of carbonyl (C=O) groups is 2. The van der Waals surface area contributed by atoms with E-state index in [0.29, 0.717) is 4.47 Å². The van der Waals surface area contributed by atoms with Crippen LogP contribution in [-0.2, 0) is 4.74 Å². The smallest absolute Gasteiger partial charge is 0.404 e. The number of nitrogens with one attached hydrogen (secondary N) is 2. The van der Waals surface area contributed by atoms with Gasteiger partial charge >= 0.3 is 6.09 Å². The van der Waals surface area contributed by atoms with E-state index in [0.717, 1.165) is 0 Å². The average molecular weight is 318 g/mol. The number of amides is 2. The molecule has 0 saturated carbocycles. The first kappa shape index (κ1) is 14.2. The zero-order valence-corrected chi connectivity index (χ0v) is 10.9. The van der Waals surface area contributed by atoms with Gasteiger partial charge in [0.2, 0.25) is 0 Å². The van der Waals surface area contributed by atoms with Gasteiger partial charge in [-0.1, -0.05) is 0 Å². The lowest BCUT2D eigenvalue weighted by Crippen LogP contribution is -2.30. The van der Waals surface area contributed by atoms with E-state index >= 15 is 0 Å². The second kappa shape index (κ2) is 6.77. The summed E-state index contributed by atoms with van der Waals surface area (Å²) in [6.45, 7) is 0.131. The molecule has 0 aromatic carbocycles. The van der Waals surface area contributed by atoms with Crippen molar-refractivity contribution in [2.75, 3.05) is 18.6 Å². The fourth-order valence-corrected chi connectivity index (χ4v) is 1.47.